The number of thiazole rings is 1. The molecular weight excluding hydrogens is 557 g/mol. The number of rotatable bonds is 7. The molecule has 0 aliphatic rings. The van der Waals surface area contributed by atoms with Crippen LogP contribution in [0.25, 0.3) is 64.6 Å². The van der Waals surface area contributed by atoms with Gasteiger partial charge in [0.2, 0.25) is 0 Å². The summed E-state index contributed by atoms with van der Waals surface area (Å²) in [4.78, 5) is 10.3. The van der Waals surface area contributed by atoms with Gasteiger partial charge in [0.1, 0.15) is 16.2 Å². The second kappa shape index (κ2) is 11.2. The fraction of sp³-hybridized carbons (Fsp3) is 0.100. The molecule has 0 fully saturated rings. The summed E-state index contributed by atoms with van der Waals surface area (Å²) in [5, 5.41) is 5.65. The Labute approximate surface area is 260 Å². The molecule has 0 amide bonds. The summed E-state index contributed by atoms with van der Waals surface area (Å²) in [6.07, 6.45) is 5.32. The maximum atomic E-state index is 6.48. The monoisotopic (exact) mass is 586 g/mol. The zero-order valence-corrected chi connectivity index (χ0v) is 25.3. The Morgan fingerprint density at radius 1 is 0.727 bits per heavy atom. The van der Waals surface area contributed by atoms with Crippen molar-refractivity contribution in [3.05, 3.63) is 132 Å². The maximum absolute atomic E-state index is 6.48. The van der Waals surface area contributed by atoms with E-state index < -0.39 is 0 Å². The van der Waals surface area contributed by atoms with Crippen LogP contribution in [0.15, 0.2) is 131 Å². The number of aliphatic imine (C=N–C) groups is 1. The van der Waals surface area contributed by atoms with Crippen molar-refractivity contribution in [2.45, 2.75) is 26.2 Å². The first-order valence-electron chi connectivity index (χ1n) is 15.2. The van der Waals surface area contributed by atoms with Gasteiger partial charge in [-0.1, -0.05) is 104 Å². The van der Waals surface area contributed by atoms with E-state index in [1.165, 1.54) is 21.0 Å². The third-order valence-electron chi connectivity index (χ3n) is 8.37. The van der Waals surface area contributed by atoms with Crippen LogP contribution in [0, 0.1) is 0 Å². The minimum atomic E-state index is 0.908. The molecule has 2 heterocycles. The first-order chi connectivity index (χ1) is 21.8. The summed E-state index contributed by atoms with van der Waals surface area (Å²) in [5.41, 5.74) is 9.41. The van der Waals surface area contributed by atoms with Gasteiger partial charge in [-0.25, -0.2) is 4.98 Å². The number of hydrogen-bond acceptors (Lipinski definition) is 4. The average molecular weight is 587 g/mol. The van der Waals surface area contributed by atoms with Crippen molar-refractivity contribution in [2.75, 3.05) is 0 Å². The molecule has 4 heteroatoms. The normalized spacial score (nSPS) is 11.9. The quantitative estimate of drug-likeness (QED) is 0.174. The zero-order valence-electron chi connectivity index (χ0n) is 24.5. The Hall–Kier alpha value is -5.06. The van der Waals surface area contributed by atoms with E-state index in [2.05, 4.69) is 110 Å². The van der Waals surface area contributed by atoms with Gasteiger partial charge in [0.15, 0.2) is 0 Å². The molecule has 8 rings (SSSR count). The van der Waals surface area contributed by atoms with E-state index in [1.54, 1.807) is 11.3 Å². The smallest absolute Gasteiger partial charge is 0.143 e. The van der Waals surface area contributed by atoms with E-state index >= 15 is 0 Å². The molecule has 2 aromatic heterocycles. The van der Waals surface area contributed by atoms with E-state index in [0.717, 1.165) is 79.7 Å². The number of fused-ring (bicyclic) bond motifs is 5. The topological polar surface area (TPSA) is 38.4 Å². The summed E-state index contributed by atoms with van der Waals surface area (Å²) in [6.45, 7) is 2.25. The van der Waals surface area contributed by atoms with Crippen molar-refractivity contribution in [3.63, 3.8) is 0 Å². The summed E-state index contributed by atoms with van der Waals surface area (Å²) >= 11 is 1.74. The third kappa shape index (κ3) is 4.68. The molecule has 6 aromatic carbocycles. The molecule has 0 radical (unpaired) electrons. The fourth-order valence-corrected chi connectivity index (χ4v) is 7.25. The Balaban J connectivity index is 1.28. The van der Waals surface area contributed by atoms with Gasteiger partial charge in [0.05, 0.1) is 15.9 Å². The van der Waals surface area contributed by atoms with Crippen LogP contribution in [0.5, 0.6) is 0 Å². The number of aromatic nitrogens is 1. The summed E-state index contributed by atoms with van der Waals surface area (Å²) < 4.78 is 7.66. The van der Waals surface area contributed by atoms with Crippen molar-refractivity contribution in [1.29, 1.82) is 0 Å². The zero-order chi connectivity index (χ0) is 29.5. The fourth-order valence-electron chi connectivity index (χ4n) is 6.16. The Kier molecular flexibility index (Phi) is 6.77. The molecule has 0 N–H and O–H groups in total. The van der Waals surface area contributed by atoms with Gasteiger partial charge in [0, 0.05) is 39.2 Å². The minimum absolute atomic E-state index is 0.908. The second-order valence-electron chi connectivity index (χ2n) is 11.2. The van der Waals surface area contributed by atoms with E-state index in [0.29, 0.717) is 0 Å². The van der Waals surface area contributed by atoms with Gasteiger partial charge in [0.25, 0.3) is 0 Å². The SMILES string of the molecule is CCCCc1cc(-c2cccc3c2oc2ccccc23)c2nc(-c3ccccc3N=Cc3cccc4ccccc34)sc2c1. The van der Waals surface area contributed by atoms with Gasteiger partial charge >= 0.3 is 0 Å². The van der Waals surface area contributed by atoms with Gasteiger partial charge < -0.3 is 4.42 Å². The lowest BCUT2D eigenvalue weighted by Crippen LogP contribution is -1.89. The number of aryl methyl sites for hydroxylation is 1. The van der Waals surface area contributed by atoms with Gasteiger partial charge in [-0.3, -0.25) is 4.99 Å². The highest BCUT2D eigenvalue weighted by molar-refractivity contribution is 7.21. The lowest BCUT2D eigenvalue weighted by Gasteiger charge is -2.08. The molecule has 3 nitrogen and oxygen atoms in total. The Morgan fingerprint density at radius 3 is 2.41 bits per heavy atom. The van der Waals surface area contributed by atoms with Crippen LogP contribution in [0.1, 0.15) is 30.9 Å². The average Bonchev–Trinajstić information content (AvgIpc) is 3.68. The van der Waals surface area contributed by atoms with Crippen LogP contribution in [0.4, 0.5) is 5.69 Å². The minimum Gasteiger partial charge on any atom is -0.455 e. The lowest BCUT2D eigenvalue weighted by atomic mass is 9.97. The Morgan fingerprint density at radius 2 is 1.48 bits per heavy atom. The van der Waals surface area contributed by atoms with Gasteiger partial charge in [-0.2, -0.15) is 0 Å². The van der Waals surface area contributed by atoms with Crippen LogP contribution in [0.3, 0.4) is 0 Å². The van der Waals surface area contributed by atoms with E-state index in [1.807, 2.05) is 24.4 Å². The van der Waals surface area contributed by atoms with E-state index in [4.69, 9.17) is 14.4 Å². The standard InChI is InChI=1S/C40H30N2OS/c1-2-3-12-26-23-34(32-20-11-19-31-30-17-7-9-22-36(30)43-39(31)32)38-37(24-26)44-40(42-38)33-18-6-8-21-35(33)41-25-28-15-10-14-27-13-4-5-16-29(27)28/h4-11,13-25H,2-3,12H2,1H3. The molecule has 44 heavy (non-hydrogen) atoms. The Bertz CT molecular complexity index is 2340. The molecular formula is C40H30N2OS. The number of furan rings is 1. The van der Waals surface area contributed by atoms with E-state index in [9.17, 15) is 0 Å². The second-order valence-corrected chi connectivity index (χ2v) is 12.3. The largest absolute Gasteiger partial charge is 0.455 e. The molecule has 0 saturated carbocycles. The first kappa shape index (κ1) is 26.6. The van der Waals surface area contributed by atoms with Crippen LogP contribution in [-0.4, -0.2) is 11.2 Å². The number of benzene rings is 6. The molecule has 0 aliphatic carbocycles. The van der Waals surface area contributed by atoms with Crippen molar-refractivity contribution in [1.82, 2.24) is 4.98 Å². The summed E-state index contributed by atoms with van der Waals surface area (Å²) in [7, 11) is 0. The van der Waals surface area contributed by atoms with Gasteiger partial charge in [-0.15, -0.1) is 11.3 Å². The lowest BCUT2D eigenvalue weighted by molar-refractivity contribution is 0.670. The molecule has 0 bridgehead atoms. The first-order valence-corrected chi connectivity index (χ1v) is 16.0. The van der Waals surface area contributed by atoms with Crippen LogP contribution < -0.4 is 0 Å². The number of unbranched alkanes of at least 4 members (excludes halogenated alkanes) is 1. The predicted octanol–water partition coefficient (Wildman–Crippen LogP) is 11.8. The predicted molar refractivity (Wildman–Crippen MR) is 188 cm³/mol. The number of nitrogens with zero attached hydrogens (tertiary/aromatic N) is 2. The highest BCUT2D eigenvalue weighted by atomic mass is 32.1. The van der Waals surface area contributed by atoms with Crippen molar-refractivity contribution in [3.8, 4) is 21.7 Å². The molecule has 0 unspecified atom stereocenters. The van der Waals surface area contributed by atoms with Crippen LogP contribution in [-0.2, 0) is 6.42 Å². The molecule has 0 spiro atoms. The van der Waals surface area contributed by atoms with Crippen LogP contribution in [0.2, 0.25) is 0 Å². The number of hydrogen-bond donors (Lipinski definition) is 0. The van der Waals surface area contributed by atoms with E-state index in [-0.39, 0.29) is 0 Å². The summed E-state index contributed by atoms with van der Waals surface area (Å²) in [6, 6.07) is 42.5. The van der Waals surface area contributed by atoms with Crippen LogP contribution >= 0.6 is 11.3 Å². The van der Waals surface area contributed by atoms with Crippen molar-refractivity contribution in [2.24, 2.45) is 4.99 Å². The summed E-state index contributed by atoms with van der Waals surface area (Å²) in [5.74, 6) is 0. The molecule has 0 atom stereocenters. The molecule has 8 aromatic rings. The van der Waals surface area contributed by atoms with Crippen molar-refractivity contribution < 1.29 is 4.42 Å². The van der Waals surface area contributed by atoms with Gasteiger partial charge in [-0.05, 0) is 59.5 Å². The maximum Gasteiger partial charge on any atom is 0.143 e. The highest BCUT2D eigenvalue weighted by Gasteiger charge is 2.19. The molecule has 0 saturated heterocycles. The highest BCUT2D eigenvalue weighted by Crippen LogP contribution is 2.43. The third-order valence-corrected chi connectivity index (χ3v) is 9.40. The van der Waals surface area contributed by atoms with Crippen molar-refractivity contribution >= 4 is 66.2 Å². The number of para-hydroxylation sites is 3. The molecule has 0 aliphatic heterocycles. The molecule has 212 valence electrons.